The molecule has 1 N–H and O–H groups in total. The number of oxazole rings is 1. The lowest BCUT2D eigenvalue weighted by Crippen LogP contribution is -2.14. The Hall–Kier alpha value is -3.60. The number of hydrogen-bond donors (Lipinski definition) is 1. The van der Waals surface area contributed by atoms with Gasteiger partial charge in [-0.1, -0.05) is 30.3 Å². The Labute approximate surface area is 156 Å². The van der Waals surface area contributed by atoms with Crippen LogP contribution >= 0.6 is 0 Å². The summed E-state index contributed by atoms with van der Waals surface area (Å²) in [7, 11) is 1.57. The van der Waals surface area contributed by atoms with Gasteiger partial charge in [0.2, 0.25) is 5.89 Å². The summed E-state index contributed by atoms with van der Waals surface area (Å²) in [5.41, 5.74) is 4.34. The Morgan fingerprint density at radius 2 is 1.81 bits per heavy atom. The van der Waals surface area contributed by atoms with Crippen LogP contribution in [0.15, 0.2) is 71.1 Å². The highest BCUT2D eigenvalue weighted by Crippen LogP contribution is 2.32. The number of methoxy groups -OCH3 is 1. The zero-order chi connectivity index (χ0) is 18.8. The number of anilines is 1. The molecular formula is C22H18N2O3. The number of aryl methyl sites for hydroxylation is 1. The Bertz CT molecular complexity index is 1100. The van der Waals surface area contributed by atoms with Crippen LogP contribution in [0, 0.1) is 6.92 Å². The van der Waals surface area contributed by atoms with Crippen LogP contribution in [0.1, 0.15) is 15.9 Å². The third-order valence-electron chi connectivity index (χ3n) is 4.38. The molecule has 0 aliphatic rings. The Morgan fingerprint density at radius 1 is 1.04 bits per heavy atom. The van der Waals surface area contributed by atoms with Crippen molar-refractivity contribution in [1.82, 2.24) is 4.98 Å². The second kappa shape index (κ2) is 6.96. The quantitative estimate of drug-likeness (QED) is 0.553. The van der Waals surface area contributed by atoms with Crippen molar-refractivity contribution in [2.45, 2.75) is 6.92 Å². The van der Waals surface area contributed by atoms with Crippen LogP contribution in [0.25, 0.3) is 22.6 Å². The maximum Gasteiger partial charge on any atom is 0.256 e. The molecule has 1 amide bonds. The van der Waals surface area contributed by atoms with Gasteiger partial charge in [0.05, 0.1) is 12.8 Å². The van der Waals surface area contributed by atoms with Gasteiger partial charge < -0.3 is 14.5 Å². The summed E-state index contributed by atoms with van der Waals surface area (Å²) in [5.74, 6) is 0.864. The van der Waals surface area contributed by atoms with Gasteiger partial charge in [-0.3, -0.25) is 4.79 Å². The topological polar surface area (TPSA) is 64.4 Å². The minimum absolute atomic E-state index is 0.193. The summed E-state index contributed by atoms with van der Waals surface area (Å²) in [6.45, 7) is 1.90. The number of nitrogens with one attached hydrogen (secondary N) is 1. The van der Waals surface area contributed by atoms with Gasteiger partial charge in [-0.05, 0) is 48.9 Å². The van der Waals surface area contributed by atoms with Crippen molar-refractivity contribution in [2.75, 3.05) is 12.4 Å². The third kappa shape index (κ3) is 3.27. The molecule has 27 heavy (non-hydrogen) atoms. The van der Waals surface area contributed by atoms with E-state index in [1.807, 2.05) is 55.5 Å². The number of nitrogens with zero attached hydrogens (tertiary/aromatic N) is 1. The molecule has 0 unspecified atom stereocenters. The number of benzene rings is 3. The molecule has 1 aromatic heterocycles. The molecule has 4 aromatic rings. The van der Waals surface area contributed by atoms with Gasteiger partial charge in [0, 0.05) is 11.1 Å². The van der Waals surface area contributed by atoms with Crippen LogP contribution in [-0.4, -0.2) is 18.0 Å². The van der Waals surface area contributed by atoms with E-state index in [2.05, 4.69) is 10.3 Å². The third-order valence-corrected chi connectivity index (χ3v) is 4.38. The zero-order valence-electron chi connectivity index (χ0n) is 15.0. The smallest absolute Gasteiger partial charge is 0.256 e. The summed E-state index contributed by atoms with van der Waals surface area (Å²) in [6.07, 6.45) is 0. The molecule has 5 nitrogen and oxygen atoms in total. The lowest BCUT2D eigenvalue weighted by molar-refractivity contribution is 0.102. The summed E-state index contributed by atoms with van der Waals surface area (Å²) in [5, 5.41) is 2.93. The van der Waals surface area contributed by atoms with Gasteiger partial charge >= 0.3 is 0 Å². The number of carbonyl (C=O) groups is 1. The van der Waals surface area contributed by atoms with Crippen LogP contribution in [0.5, 0.6) is 5.75 Å². The van der Waals surface area contributed by atoms with E-state index in [0.717, 1.165) is 16.6 Å². The first kappa shape index (κ1) is 16.8. The van der Waals surface area contributed by atoms with Crippen LogP contribution in [0.2, 0.25) is 0 Å². The number of para-hydroxylation sites is 2. The van der Waals surface area contributed by atoms with E-state index in [-0.39, 0.29) is 5.91 Å². The molecule has 1 heterocycles. The first-order valence-electron chi connectivity index (χ1n) is 8.56. The Morgan fingerprint density at radius 3 is 2.59 bits per heavy atom. The summed E-state index contributed by atoms with van der Waals surface area (Å²) >= 11 is 0. The largest absolute Gasteiger partial charge is 0.495 e. The second-order valence-electron chi connectivity index (χ2n) is 6.17. The van der Waals surface area contributed by atoms with Crippen LogP contribution < -0.4 is 10.1 Å². The minimum atomic E-state index is -0.193. The molecule has 0 saturated heterocycles. The second-order valence-corrected chi connectivity index (χ2v) is 6.17. The van der Waals surface area contributed by atoms with E-state index in [9.17, 15) is 4.79 Å². The fourth-order valence-electron chi connectivity index (χ4n) is 2.95. The number of carbonyl (C=O) groups excluding carboxylic acids is 1. The van der Waals surface area contributed by atoms with E-state index in [0.29, 0.717) is 28.5 Å². The minimum Gasteiger partial charge on any atom is -0.495 e. The van der Waals surface area contributed by atoms with Gasteiger partial charge in [0.15, 0.2) is 5.58 Å². The molecule has 0 saturated carbocycles. The molecule has 0 aliphatic heterocycles. The first-order chi connectivity index (χ1) is 13.2. The molecule has 0 bridgehead atoms. The SMILES string of the molecule is COc1ccc(-c2nc3ccccc3o2)cc1NC(=O)c1ccccc1C. The highest BCUT2D eigenvalue weighted by Gasteiger charge is 2.15. The monoisotopic (exact) mass is 358 g/mol. The van der Waals surface area contributed by atoms with Crippen molar-refractivity contribution >= 4 is 22.7 Å². The van der Waals surface area contributed by atoms with Crippen molar-refractivity contribution in [3.63, 3.8) is 0 Å². The standard InChI is InChI=1S/C22H18N2O3/c1-14-7-3-4-8-16(14)21(25)23-18-13-15(11-12-19(18)26-2)22-24-17-9-5-6-10-20(17)27-22/h3-13H,1-2H3,(H,23,25). The Balaban J connectivity index is 1.70. The zero-order valence-corrected chi connectivity index (χ0v) is 15.0. The molecular weight excluding hydrogens is 340 g/mol. The average Bonchev–Trinajstić information content (AvgIpc) is 3.12. The normalized spacial score (nSPS) is 10.7. The van der Waals surface area contributed by atoms with Crippen molar-refractivity contribution in [1.29, 1.82) is 0 Å². The number of amides is 1. The lowest BCUT2D eigenvalue weighted by atomic mass is 10.1. The van der Waals surface area contributed by atoms with E-state index >= 15 is 0 Å². The highest BCUT2D eigenvalue weighted by molar-refractivity contribution is 6.06. The predicted octanol–water partition coefficient (Wildman–Crippen LogP) is 5.06. The van der Waals surface area contributed by atoms with E-state index < -0.39 is 0 Å². The fraction of sp³-hybridized carbons (Fsp3) is 0.0909. The lowest BCUT2D eigenvalue weighted by Gasteiger charge is -2.12. The summed E-state index contributed by atoms with van der Waals surface area (Å²) < 4.78 is 11.2. The van der Waals surface area contributed by atoms with Gasteiger partial charge in [0.1, 0.15) is 11.3 Å². The number of aromatic nitrogens is 1. The fourth-order valence-corrected chi connectivity index (χ4v) is 2.95. The molecule has 0 fully saturated rings. The number of hydrogen-bond acceptors (Lipinski definition) is 4. The van der Waals surface area contributed by atoms with Gasteiger partial charge in [-0.2, -0.15) is 0 Å². The molecule has 0 aliphatic carbocycles. The molecule has 0 radical (unpaired) electrons. The highest BCUT2D eigenvalue weighted by atomic mass is 16.5. The number of rotatable bonds is 4. The maximum atomic E-state index is 12.7. The van der Waals surface area contributed by atoms with Crippen molar-refractivity contribution in [3.05, 3.63) is 77.9 Å². The molecule has 4 rings (SSSR count). The van der Waals surface area contributed by atoms with E-state index in [1.165, 1.54) is 0 Å². The van der Waals surface area contributed by atoms with Crippen molar-refractivity contribution < 1.29 is 13.9 Å². The van der Waals surface area contributed by atoms with Gasteiger partial charge in [-0.25, -0.2) is 4.98 Å². The molecule has 134 valence electrons. The summed E-state index contributed by atoms with van der Waals surface area (Å²) in [6, 6.07) is 20.5. The first-order valence-corrected chi connectivity index (χ1v) is 8.56. The molecule has 0 atom stereocenters. The van der Waals surface area contributed by atoms with E-state index in [1.54, 1.807) is 25.3 Å². The van der Waals surface area contributed by atoms with Gasteiger partial charge in [-0.15, -0.1) is 0 Å². The van der Waals surface area contributed by atoms with E-state index in [4.69, 9.17) is 9.15 Å². The van der Waals surface area contributed by atoms with Gasteiger partial charge in [0.25, 0.3) is 5.91 Å². The average molecular weight is 358 g/mol. The summed E-state index contributed by atoms with van der Waals surface area (Å²) in [4.78, 5) is 17.2. The maximum absolute atomic E-state index is 12.7. The predicted molar refractivity (Wildman–Crippen MR) is 105 cm³/mol. The van der Waals surface area contributed by atoms with Crippen molar-refractivity contribution in [2.24, 2.45) is 0 Å². The molecule has 0 spiro atoms. The van der Waals surface area contributed by atoms with Crippen LogP contribution in [0.4, 0.5) is 5.69 Å². The van der Waals surface area contributed by atoms with Crippen LogP contribution in [-0.2, 0) is 0 Å². The Kier molecular flexibility index (Phi) is 4.34. The number of ether oxygens (including phenoxy) is 1. The molecule has 5 heteroatoms. The van der Waals surface area contributed by atoms with Crippen LogP contribution in [0.3, 0.4) is 0 Å². The van der Waals surface area contributed by atoms with Crippen molar-refractivity contribution in [3.8, 4) is 17.2 Å². The molecule has 3 aromatic carbocycles. The number of fused-ring (bicyclic) bond motifs is 1.